The van der Waals surface area contributed by atoms with Gasteiger partial charge < -0.3 is 15.9 Å². The van der Waals surface area contributed by atoms with Crippen LogP contribution in [-0.2, 0) is 4.74 Å². The van der Waals surface area contributed by atoms with Crippen LogP contribution >= 0.6 is 0 Å². The van der Waals surface area contributed by atoms with Crippen LogP contribution in [-0.4, -0.2) is 25.0 Å². The second-order valence-electron chi connectivity index (χ2n) is 1.97. The van der Waals surface area contributed by atoms with Crippen LogP contribution in [0.4, 0.5) is 0 Å². The fraction of sp³-hybridized carbons (Fsp3) is 0.800. The Balaban J connectivity index is 2.39. The molecule has 0 saturated carbocycles. The number of hydrogen-bond acceptors (Lipinski definition) is 3. The van der Waals surface area contributed by atoms with E-state index < -0.39 is 0 Å². The van der Waals surface area contributed by atoms with Gasteiger partial charge in [0.15, 0.2) is 0 Å². The number of nitrogens with two attached hydrogens (primary N) is 1. The van der Waals surface area contributed by atoms with Crippen LogP contribution in [0.2, 0.25) is 0 Å². The van der Waals surface area contributed by atoms with E-state index in [1.165, 1.54) is 0 Å². The van der Waals surface area contributed by atoms with Crippen LogP contribution in [0.5, 0.6) is 0 Å². The summed E-state index contributed by atoms with van der Waals surface area (Å²) >= 11 is 0. The quantitative estimate of drug-likeness (QED) is 0.456. The van der Waals surface area contributed by atoms with Crippen LogP contribution in [0, 0.1) is 5.41 Å². The van der Waals surface area contributed by atoms with Crippen LogP contribution in [0.3, 0.4) is 0 Å². The van der Waals surface area contributed by atoms with E-state index in [1.54, 1.807) is 0 Å². The number of hydrogen-bond donors (Lipinski definition) is 2. The molecule has 0 spiro atoms. The monoisotopic (exact) mass is 114 g/mol. The van der Waals surface area contributed by atoms with Crippen molar-refractivity contribution in [1.29, 1.82) is 5.41 Å². The molecule has 3 nitrogen and oxygen atoms in total. The Bertz CT molecular complexity index is 103. The minimum atomic E-state index is -0.0382. The summed E-state index contributed by atoms with van der Waals surface area (Å²) in [4.78, 5) is 0. The molecule has 3 N–H and O–H groups in total. The van der Waals surface area contributed by atoms with Crippen LogP contribution in [0.25, 0.3) is 0 Å². The summed E-state index contributed by atoms with van der Waals surface area (Å²) in [6.07, 6.45) is 0.804. The molecule has 1 aliphatic rings. The third-order valence-electron chi connectivity index (χ3n) is 1.28. The molecule has 0 aromatic rings. The van der Waals surface area contributed by atoms with Crippen molar-refractivity contribution in [1.82, 2.24) is 0 Å². The Hall–Kier alpha value is -0.410. The van der Waals surface area contributed by atoms with E-state index in [1.807, 2.05) is 0 Å². The van der Waals surface area contributed by atoms with E-state index in [2.05, 4.69) is 0 Å². The zero-order valence-electron chi connectivity index (χ0n) is 4.68. The molecule has 1 atom stereocenters. The molecule has 1 aliphatic heterocycles. The predicted molar refractivity (Wildman–Crippen MR) is 31.1 cm³/mol. The number of rotatable bonds is 0. The van der Waals surface area contributed by atoms with Gasteiger partial charge in [-0.15, -0.1) is 0 Å². The van der Waals surface area contributed by atoms with Crippen molar-refractivity contribution >= 4 is 5.71 Å². The van der Waals surface area contributed by atoms with Crippen LogP contribution < -0.4 is 5.73 Å². The zero-order valence-corrected chi connectivity index (χ0v) is 4.68. The van der Waals surface area contributed by atoms with Crippen molar-refractivity contribution < 1.29 is 4.74 Å². The Kier molecular flexibility index (Phi) is 1.60. The minimum Gasteiger partial charge on any atom is -0.375 e. The smallest absolute Gasteiger partial charge is 0.0857 e. The summed E-state index contributed by atoms with van der Waals surface area (Å²) in [6.45, 7) is 1.14. The molecule has 1 rings (SSSR count). The molecular weight excluding hydrogens is 104 g/mol. The van der Waals surface area contributed by atoms with Crippen molar-refractivity contribution in [3.8, 4) is 0 Å². The molecule has 0 bridgehead atoms. The van der Waals surface area contributed by atoms with E-state index in [9.17, 15) is 0 Å². The lowest BCUT2D eigenvalue weighted by Gasteiger charge is -2.18. The maximum Gasteiger partial charge on any atom is 0.0857 e. The second-order valence-corrected chi connectivity index (χ2v) is 1.97. The fourth-order valence-electron chi connectivity index (χ4n) is 0.674. The van der Waals surface area contributed by atoms with Gasteiger partial charge in [-0.1, -0.05) is 0 Å². The topological polar surface area (TPSA) is 59.1 Å². The highest BCUT2D eigenvalue weighted by Crippen LogP contribution is 1.98. The van der Waals surface area contributed by atoms with Gasteiger partial charge in [0, 0.05) is 12.6 Å². The highest BCUT2D eigenvalue weighted by molar-refractivity contribution is 5.88. The lowest BCUT2D eigenvalue weighted by atomic mass is 10.1. The van der Waals surface area contributed by atoms with Crippen LogP contribution in [0.15, 0.2) is 0 Å². The molecule has 0 aliphatic carbocycles. The van der Waals surface area contributed by atoms with Crippen molar-refractivity contribution in [2.24, 2.45) is 5.73 Å². The molecule has 46 valence electrons. The Morgan fingerprint density at radius 1 is 1.75 bits per heavy atom. The van der Waals surface area contributed by atoms with Crippen molar-refractivity contribution in [2.75, 3.05) is 13.2 Å². The second kappa shape index (κ2) is 2.24. The minimum absolute atomic E-state index is 0.0382. The third kappa shape index (κ3) is 1.05. The van der Waals surface area contributed by atoms with Crippen LogP contribution in [0.1, 0.15) is 6.42 Å². The van der Waals surface area contributed by atoms with Crippen molar-refractivity contribution in [3.63, 3.8) is 0 Å². The average molecular weight is 114 g/mol. The summed E-state index contributed by atoms with van der Waals surface area (Å²) in [5.74, 6) is 0. The maximum atomic E-state index is 7.14. The molecule has 8 heavy (non-hydrogen) atoms. The zero-order chi connectivity index (χ0) is 5.98. The predicted octanol–water partition coefficient (Wildman–Crippen LogP) is -0.246. The Labute approximate surface area is 48.3 Å². The van der Waals surface area contributed by atoms with Crippen molar-refractivity contribution in [2.45, 2.75) is 12.5 Å². The van der Waals surface area contributed by atoms with E-state index in [0.29, 0.717) is 18.9 Å². The van der Waals surface area contributed by atoms with Gasteiger partial charge in [0.25, 0.3) is 0 Å². The van der Waals surface area contributed by atoms with E-state index >= 15 is 0 Å². The molecular formula is C5H10N2O. The number of ether oxygens (including phenoxy) is 1. The van der Waals surface area contributed by atoms with E-state index in [0.717, 1.165) is 6.42 Å². The first kappa shape index (κ1) is 5.72. The summed E-state index contributed by atoms with van der Waals surface area (Å²) < 4.78 is 4.95. The first-order valence-electron chi connectivity index (χ1n) is 2.71. The summed E-state index contributed by atoms with van der Waals surface area (Å²) in [6, 6.07) is -0.0382. The molecule has 0 unspecified atom stereocenters. The highest BCUT2D eigenvalue weighted by atomic mass is 16.5. The van der Waals surface area contributed by atoms with E-state index in [-0.39, 0.29) is 6.04 Å². The van der Waals surface area contributed by atoms with Gasteiger partial charge in [0.05, 0.1) is 12.3 Å². The first-order valence-corrected chi connectivity index (χ1v) is 2.71. The molecule has 1 heterocycles. The molecule has 0 aromatic heterocycles. The standard InChI is InChI=1S/C5H10N2O/c6-4-1-2-8-3-5(4)7/h4,7H,1-3,6H2/t4-/m1/s1. The van der Waals surface area contributed by atoms with Gasteiger partial charge in [-0.2, -0.15) is 0 Å². The molecule has 0 aromatic carbocycles. The molecule has 1 fully saturated rings. The third-order valence-corrected chi connectivity index (χ3v) is 1.28. The fourth-order valence-corrected chi connectivity index (χ4v) is 0.674. The Morgan fingerprint density at radius 3 is 2.88 bits per heavy atom. The maximum absolute atomic E-state index is 7.14. The molecule has 0 radical (unpaired) electrons. The summed E-state index contributed by atoms with van der Waals surface area (Å²) in [5, 5.41) is 7.14. The normalized spacial score (nSPS) is 30.6. The van der Waals surface area contributed by atoms with Gasteiger partial charge >= 0.3 is 0 Å². The van der Waals surface area contributed by atoms with Gasteiger partial charge in [-0.25, -0.2) is 0 Å². The van der Waals surface area contributed by atoms with Crippen molar-refractivity contribution in [3.05, 3.63) is 0 Å². The molecule has 3 heteroatoms. The highest BCUT2D eigenvalue weighted by Gasteiger charge is 2.13. The van der Waals surface area contributed by atoms with Gasteiger partial charge in [-0.3, -0.25) is 0 Å². The average Bonchev–Trinajstić information content (AvgIpc) is 1.77. The lowest BCUT2D eigenvalue weighted by Crippen LogP contribution is -2.38. The summed E-state index contributed by atoms with van der Waals surface area (Å²) in [7, 11) is 0. The van der Waals surface area contributed by atoms with E-state index in [4.69, 9.17) is 15.9 Å². The number of nitrogens with one attached hydrogen (secondary N) is 1. The van der Waals surface area contributed by atoms with Gasteiger partial charge in [0.2, 0.25) is 0 Å². The Morgan fingerprint density at radius 2 is 2.50 bits per heavy atom. The van der Waals surface area contributed by atoms with Gasteiger partial charge in [-0.05, 0) is 6.42 Å². The molecule has 0 amide bonds. The largest absolute Gasteiger partial charge is 0.375 e. The first-order chi connectivity index (χ1) is 3.80. The molecule has 1 saturated heterocycles. The SMILES string of the molecule is N=C1COCC[C@H]1N. The lowest BCUT2D eigenvalue weighted by molar-refractivity contribution is 0.148. The van der Waals surface area contributed by atoms with Gasteiger partial charge in [0.1, 0.15) is 0 Å². The summed E-state index contributed by atoms with van der Waals surface area (Å²) in [5.41, 5.74) is 6.00.